The number of aliphatic hydroxyl groups excluding tert-OH is 1. The van der Waals surface area contributed by atoms with Crippen LogP contribution in [0.4, 0.5) is 0 Å². The first-order valence-electron chi connectivity index (χ1n) is 11.2. The molecule has 0 saturated heterocycles. The first-order valence-corrected chi connectivity index (χ1v) is 20.4. The Labute approximate surface area is 245 Å². The minimum atomic E-state index is -0.0984. The fourth-order valence-electron chi connectivity index (χ4n) is 1.75. The molecule has 0 saturated carbocycles. The summed E-state index contributed by atoms with van der Waals surface area (Å²) >= 11 is 14.1. The van der Waals surface area contributed by atoms with Gasteiger partial charge in [-0.25, -0.2) is 19.6 Å². The van der Waals surface area contributed by atoms with Crippen molar-refractivity contribution >= 4 is 100 Å². The van der Waals surface area contributed by atoms with E-state index in [4.69, 9.17) is 29.4 Å². The van der Waals surface area contributed by atoms with Gasteiger partial charge in [0.1, 0.15) is 12.5 Å². The van der Waals surface area contributed by atoms with Crippen LogP contribution < -0.4 is 0 Å². The fourth-order valence-corrected chi connectivity index (χ4v) is 9.49. The van der Waals surface area contributed by atoms with E-state index < -0.39 is 0 Å². The monoisotopic (exact) mass is 648 g/mol. The zero-order valence-electron chi connectivity index (χ0n) is 20.4. The number of hydrogen-bond acceptors (Lipinski definition) is 15. The Balaban J connectivity index is 3.14. The van der Waals surface area contributed by atoms with Crippen molar-refractivity contribution in [2.45, 2.75) is 26.2 Å². The second-order valence-electron chi connectivity index (χ2n) is 6.19. The summed E-state index contributed by atoms with van der Waals surface area (Å²) in [6.07, 6.45) is 2.41. The summed E-state index contributed by atoms with van der Waals surface area (Å²) in [5.74, 6) is 4.17. The summed E-state index contributed by atoms with van der Waals surface area (Å²) in [7, 11) is 0. The van der Waals surface area contributed by atoms with Crippen molar-refractivity contribution in [1.29, 1.82) is 0 Å². The van der Waals surface area contributed by atoms with Crippen molar-refractivity contribution in [1.82, 2.24) is 0 Å². The van der Waals surface area contributed by atoms with Crippen molar-refractivity contribution in [2.24, 2.45) is 0 Å². The maximum atomic E-state index is 11.8. The minimum absolute atomic E-state index is 0.0984. The van der Waals surface area contributed by atoms with E-state index in [1.54, 1.807) is 35.3 Å². The Hall–Kier alpha value is 2.07. The normalized spacial score (nSPS) is 11.3. The Morgan fingerprint density at radius 1 is 0.629 bits per heavy atom. The smallest absolute Gasteiger partial charge is 0.306 e. The summed E-state index contributed by atoms with van der Waals surface area (Å²) in [5, 5.41) is 13.5. The summed E-state index contributed by atoms with van der Waals surface area (Å²) in [6, 6.07) is 0. The largest absolute Gasteiger partial charge is 0.465 e. The average molecular weight is 649 g/mol. The van der Waals surface area contributed by atoms with E-state index >= 15 is 0 Å². The number of rotatable bonds is 30. The van der Waals surface area contributed by atoms with Gasteiger partial charge in [-0.05, 0) is 18.6 Å². The summed E-state index contributed by atoms with van der Waals surface area (Å²) in [6.45, 7) is 4.43. The molecular weight excluding hydrogens is 609 g/mol. The Kier molecular flexibility index (Phi) is 36.1. The molecule has 0 unspecified atom stereocenters. The highest BCUT2D eigenvalue weighted by Crippen LogP contribution is 2.20. The quantitative estimate of drug-likeness (QED) is 0.0316. The van der Waals surface area contributed by atoms with Crippen LogP contribution in [0.5, 0.6) is 0 Å². The standard InChI is InChI=1S/C20H40O7S8/c1-2-5-24-26-8-12-31-18-35-17-30-11-7-23-20(22)4-10-29-16-34-15-28-9-3-6-25-27-14-33-19-32-13-21/h21H,2-19H2,1H3. The van der Waals surface area contributed by atoms with E-state index in [2.05, 4.69) is 6.92 Å². The van der Waals surface area contributed by atoms with E-state index in [1.807, 2.05) is 47.0 Å². The molecule has 0 aliphatic rings. The van der Waals surface area contributed by atoms with Gasteiger partial charge < -0.3 is 9.84 Å². The van der Waals surface area contributed by atoms with Gasteiger partial charge in [-0.15, -0.1) is 70.6 Å². The van der Waals surface area contributed by atoms with Crippen molar-refractivity contribution in [3.05, 3.63) is 0 Å². The predicted octanol–water partition coefficient (Wildman–Crippen LogP) is 6.18. The van der Waals surface area contributed by atoms with Gasteiger partial charge in [-0.1, -0.05) is 6.92 Å². The van der Waals surface area contributed by atoms with E-state index in [9.17, 15) is 4.79 Å². The molecule has 0 aromatic rings. The van der Waals surface area contributed by atoms with Crippen LogP contribution in [0.25, 0.3) is 0 Å². The zero-order chi connectivity index (χ0) is 25.5. The second-order valence-corrected chi connectivity index (χ2v) is 16.3. The molecule has 0 aromatic heterocycles. The lowest BCUT2D eigenvalue weighted by molar-refractivity contribution is -0.290. The number of aliphatic hydroxyl groups is 1. The molecule has 0 aliphatic heterocycles. The first kappa shape index (κ1) is 37.1. The number of carbonyl (C=O) groups excluding carboxylic acids is 1. The van der Waals surface area contributed by atoms with Gasteiger partial charge >= 0.3 is 5.97 Å². The van der Waals surface area contributed by atoms with Crippen LogP contribution in [0, 0.1) is 0 Å². The molecule has 0 radical (unpaired) electrons. The molecule has 0 bridgehead atoms. The molecule has 35 heavy (non-hydrogen) atoms. The molecule has 0 aromatic carbocycles. The van der Waals surface area contributed by atoms with Gasteiger partial charge in [0.2, 0.25) is 0 Å². The van der Waals surface area contributed by atoms with E-state index in [1.165, 1.54) is 11.8 Å². The summed E-state index contributed by atoms with van der Waals surface area (Å²) in [5.41, 5.74) is 0. The second kappa shape index (κ2) is 34.1. The summed E-state index contributed by atoms with van der Waals surface area (Å²) in [4.78, 5) is 31.9. The van der Waals surface area contributed by atoms with Crippen molar-refractivity contribution in [3.8, 4) is 0 Å². The fraction of sp³-hybridized carbons (Fsp3) is 0.950. The first-order chi connectivity index (χ1) is 17.3. The molecule has 0 atom stereocenters. The molecule has 0 amide bonds. The van der Waals surface area contributed by atoms with E-state index in [0.717, 1.165) is 61.3 Å². The minimum Gasteiger partial charge on any atom is -0.465 e. The van der Waals surface area contributed by atoms with Crippen LogP contribution in [0.1, 0.15) is 26.2 Å². The number of carbonyl (C=O) groups is 1. The van der Waals surface area contributed by atoms with Gasteiger partial charge in [0.05, 0.1) is 32.2 Å². The van der Waals surface area contributed by atoms with Crippen molar-refractivity contribution in [2.75, 3.05) is 86.7 Å². The molecule has 0 spiro atoms. The third-order valence-corrected chi connectivity index (χ3v) is 12.4. The van der Waals surface area contributed by atoms with Crippen LogP contribution in [0.15, 0.2) is 0 Å². The maximum Gasteiger partial charge on any atom is 0.306 e. The van der Waals surface area contributed by atoms with Gasteiger partial charge in [0.15, 0.2) is 0 Å². The lowest BCUT2D eigenvalue weighted by atomic mass is 10.5. The number of thioether (sulfide) groups is 8. The van der Waals surface area contributed by atoms with Crippen molar-refractivity contribution in [3.63, 3.8) is 0 Å². The van der Waals surface area contributed by atoms with E-state index in [-0.39, 0.29) is 11.9 Å². The highest BCUT2D eigenvalue weighted by molar-refractivity contribution is 8.23. The highest BCUT2D eigenvalue weighted by Gasteiger charge is 2.03. The molecule has 0 aliphatic carbocycles. The molecule has 15 heteroatoms. The van der Waals surface area contributed by atoms with Crippen molar-refractivity contribution < 1.29 is 34.2 Å². The number of esters is 1. The average Bonchev–Trinajstić information content (AvgIpc) is 2.86. The molecule has 1 N–H and O–H groups in total. The molecule has 0 rings (SSSR count). The lowest BCUT2D eigenvalue weighted by Crippen LogP contribution is -2.08. The molecule has 7 nitrogen and oxygen atoms in total. The third-order valence-electron chi connectivity index (χ3n) is 3.28. The van der Waals surface area contributed by atoms with Gasteiger partial charge in [-0.2, -0.15) is 23.5 Å². The molecular formula is C20H40O7S8. The number of hydrogen-bond donors (Lipinski definition) is 1. The third kappa shape index (κ3) is 34.0. The lowest BCUT2D eigenvalue weighted by Gasteiger charge is -2.06. The van der Waals surface area contributed by atoms with Gasteiger partial charge in [-0.3, -0.25) is 4.79 Å². The number of ether oxygens (including phenoxy) is 1. The maximum absolute atomic E-state index is 11.8. The van der Waals surface area contributed by atoms with Gasteiger partial charge in [0.25, 0.3) is 0 Å². The van der Waals surface area contributed by atoms with Gasteiger partial charge in [0, 0.05) is 42.7 Å². The Bertz CT molecular complexity index is 431. The molecule has 0 heterocycles. The summed E-state index contributed by atoms with van der Waals surface area (Å²) < 4.78 is 5.29. The van der Waals surface area contributed by atoms with Crippen LogP contribution in [-0.2, 0) is 29.1 Å². The topological polar surface area (TPSA) is 83.5 Å². The van der Waals surface area contributed by atoms with E-state index in [0.29, 0.717) is 38.8 Å². The Morgan fingerprint density at radius 3 is 1.94 bits per heavy atom. The van der Waals surface area contributed by atoms with Crippen LogP contribution >= 0.6 is 94.1 Å². The predicted molar refractivity (Wildman–Crippen MR) is 166 cm³/mol. The molecule has 0 fully saturated rings. The highest BCUT2D eigenvalue weighted by atomic mass is 32.2. The zero-order valence-corrected chi connectivity index (χ0v) is 26.9. The van der Waals surface area contributed by atoms with Crippen LogP contribution in [-0.4, -0.2) is 97.8 Å². The van der Waals surface area contributed by atoms with Crippen LogP contribution in [0.2, 0.25) is 0 Å². The Morgan fingerprint density at radius 2 is 1.23 bits per heavy atom. The SMILES string of the molecule is CCCOOCCSCSCSCCOC(=O)CCSCSCSCCCOOCSCSCO. The van der Waals surface area contributed by atoms with Crippen LogP contribution in [0.3, 0.4) is 0 Å². The molecule has 210 valence electrons.